The first-order valence-electron chi connectivity index (χ1n) is 24.3. The first-order valence-corrected chi connectivity index (χ1v) is 24.3. The lowest BCUT2D eigenvalue weighted by atomic mass is 10.0. The molecule has 2 atom stereocenters. The minimum atomic E-state index is -0.680. The quantitative estimate of drug-likeness (QED) is 0.0425. The number of aliphatic hydroxyl groups excluding tert-OH is 2. The lowest BCUT2D eigenvalue weighted by Gasteiger charge is -2.22. The van der Waals surface area contributed by atoms with Crippen LogP contribution in [0.1, 0.15) is 226 Å². The number of hydrogen-bond donors (Lipinski definition) is 3. The Morgan fingerprint density at radius 2 is 0.772 bits per heavy atom. The zero-order valence-corrected chi connectivity index (χ0v) is 37.6. The topological polar surface area (TPSA) is 69.6 Å². The van der Waals surface area contributed by atoms with Crippen molar-refractivity contribution in [2.24, 2.45) is 0 Å². The van der Waals surface area contributed by atoms with Crippen molar-refractivity contribution in [2.45, 2.75) is 238 Å². The number of rotatable bonds is 43. The van der Waals surface area contributed by atoms with E-state index < -0.39 is 12.1 Å². The zero-order valence-electron chi connectivity index (χ0n) is 37.6. The minimum Gasteiger partial charge on any atom is -0.394 e. The average molecular weight is 792 g/mol. The van der Waals surface area contributed by atoms with Crippen molar-refractivity contribution in [1.82, 2.24) is 5.32 Å². The number of aliphatic hydroxyl groups is 2. The molecule has 1 amide bonds. The van der Waals surface area contributed by atoms with Gasteiger partial charge in [0, 0.05) is 6.42 Å². The Morgan fingerprint density at radius 1 is 0.439 bits per heavy atom. The van der Waals surface area contributed by atoms with Crippen molar-refractivity contribution in [3.05, 3.63) is 85.1 Å². The molecule has 4 heteroatoms. The van der Waals surface area contributed by atoms with Crippen LogP contribution >= 0.6 is 0 Å². The highest BCUT2D eigenvalue weighted by Crippen LogP contribution is 2.16. The molecule has 3 N–H and O–H groups in total. The van der Waals surface area contributed by atoms with Crippen LogP contribution in [0.15, 0.2) is 85.1 Å². The Hall–Kier alpha value is -2.43. The number of nitrogens with one attached hydrogen (secondary N) is 1. The van der Waals surface area contributed by atoms with Gasteiger partial charge in [0.2, 0.25) is 5.91 Å². The number of unbranched alkanes of at least 4 members (excludes halogenated alkanes) is 22. The number of allylic oxidation sites excluding steroid dienone is 14. The van der Waals surface area contributed by atoms with E-state index in [-0.39, 0.29) is 12.5 Å². The Balaban J connectivity index is 3.63. The van der Waals surface area contributed by atoms with Crippen LogP contribution in [0.3, 0.4) is 0 Å². The number of carbonyl (C=O) groups is 1. The second-order valence-electron chi connectivity index (χ2n) is 16.2. The minimum absolute atomic E-state index is 0.0650. The molecule has 0 fully saturated rings. The number of carbonyl (C=O) groups excluding carboxylic acids is 1. The summed E-state index contributed by atoms with van der Waals surface area (Å²) in [4.78, 5) is 12.4. The molecule has 0 saturated carbocycles. The molecule has 0 rings (SSSR count). The van der Waals surface area contributed by atoms with E-state index in [1.807, 2.05) is 0 Å². The van der Waals surface area contributed by atoms with Gasteiger partial charge in [0.25, 0.3) is 0 Å². The van der Waals surface area contributed by atoms with Gasteiger partial charge in [0.15, 0.2) is 0 Å². The highest BCUT2D eigenvalue weighted by molar-refractivity contribution is 5.76. The molecule has 0 aliphatic carbocycles. The van der Waals surface area contributed by atoms with Crippen LogP contribution in [0, 0.1) is 0 Å². The van der Waals surface area contributed by atoms with E-state index in [4.69, 9.17) is 0 Å². The predicted octanol–water partition coefficient (Wildman–Crippen LogP) is 15.6. The Bertz CT molecular complexity index is 1030. The van der Waals surface area contributed by atoms with Gasteiger partial charge in [-0.25, -0.2) is 0 Å². The molecule has 57 heavy (non-hydrogen) atoms. The molecule has 0 saturated heterocycles. The van der Waals surface area contributed by atoms with Crippen LogP contribution in [0.2, 0.25) is 0 Å². The zero-order chi connectivity index (χ0) is 41.4. The maximum Gasteiger partial charge on any atom is 0.220 e. The van der Waals surface area contributed by atoms with Crippen LogP contribution < -0.4 is 5.32 Å². The Labute approximate surface area is 354 Å². The van der Waals surface area contributed by atoms with E-state index in [9.17, 15) is 15.0 Å². The van der Waals surface area contributed by atoms with Crippen LogP contribution in [-0.4, -0.2) is 34.9 Å². The summed E-state index contributed by atoms with van der Waals surface area (Å²) in [5, 5.41) is 23.2. The molecule has 0 aliphatic rings. The van der Waals surface area contributed by atoms with E-state index in [1.54, 1.807) is 0 Å². The summed E-state index contributed by atoms with van der Waals surface area (Å²) in [5.41, 5.74) is 0. The standard InChI is InChI=1S/C53H93NO3/c1-3-5-7-9-11-13-15-17-19-21-23-25-26-27-28-29-31-33-35-37-39-41-43-45-47-49-53(57)54-51(50-55)52(56)48-46-44-42-40-38-36-34-32-30-24-22-20-18-16-14-12-10-8-6-4-2/h5,7,11,13,17,19,23,25,27-28,31,33,37,39,51-52,55-56H,3-4,6,8-10,12,14-16,18,20-22,24,26,29-30,32,34-36,38,40-50H2,1-2H3,(H,54,57)/b7-5-,13-11-,19-17-,25-23-,28-27-,33-31-,39-37-. The highest BCUT2D eigenvalue weighted by Gasteiger charge is 2.19. The molecular formula is C53H93NO3. The van der Waals surface area contributed by atoms with Crippen molar-refractivity contribution in [1.29, 1.82) is 0 Å². The number of hydrogen-bond acceptors (Lipinski definition) is 3. The molecule has 2 unspecified atom stereocenters. The van der Waals surface area contributed by atoms with E-state index in [0.717, 1.165) is 83.5 Å². The molecule has 0 radical (unpaired) electrons. The normalized spacial score (nSPS) is 13.7. The SMILES string of the molecule is CC/C=C\C/C=C\C/C=C\C/C=C\C/C=C\C/C=C\C/C=C\CCCCCC(=O)NC(CO)C(O)CCCCCCCCCCCCCCCCCCCCCC. The van der Waals surface area contributed by atoms with Gasteiger partial charge in [-0.05, 0) is 70.6 Å². The average Bonchev–Trinajstić information content (AvgIpc) is 3.22. The monoisotopic (exact) mass is 792 g/mol. The Kier molecular flexibility index (Phi) is 45.9. The van der Waals surface area contributed by atoms with E-state index in [0.29, 0.717) is 12.8 Å². The molecule has 328 valence electrons. The summed E-state index contributed by atoms with van der Waals surface area (Å²) in [5.74, 6) is -0.0650. The molecule has 0 aromatic heterocycles. The lowest BCUT2D eigenvalue weighted by molar-refractivity contribution is -0.123. The smallest absolute Gasteiger partial charge is 0.220 e. The summed E-state index contributed by atoms with van der Waals surface area (Å²) < 4.78 is 0. The summed E-state index contributed by atoms with van der Waals surface area (Å²) >= 11 is 0. The van der Waals surface area contributed by atoms with Crippen LogP contribution in [-0.2, 0) is 4.79 Å². The van der Waals surface area contributed by atoms with Gasteiger partial charge in [-0.3, -0.25) is 4.79 Å². The molecule has 0 aromatic rings. The van der Waals surface area contributed by atoms with Gasteiger partial charge in [-0.15, -0.1) is 0 Å². The van der Waals surface area contributed by atoms with Crippen molar-refractivity contribution in [3.8, 4) is 0 Å². The fraction of sp³-hybridized carbons (Fsp3) is 0.717. The third kappa shape index (κ3) is 44.5. The summed E-state index contributed by atoms with van der Waals surface area (Å²) in [6, 6.07) is -0.560. The lowest BCUT2D eigenvalue weighted by Crippen LogP contribution is -2.45. The molecule has 0 bridgehead atoms. The molecule has 0 heterocycles. The van der Waals surface area contributed by atoms with Gasteiger partial charge >= 0.3 is 0 Å². The van der Waals surface area contributed by atoms with Gasteiger partial charge in [-0.2, -0.15) is 0 Å². The van der Waals surface area contributed by atoms with Crippen molar-refractivity contribution >= 4 is 5.91 Å². The second-order valence-corrected chi connectivity index (χ2v) is 16.2. The largest absolute Gasteiger partial charge is 0.394 e. The molecule has 4 nitrogen and oxygen atoms in total. The maximum absolute atomic E-state index is 12.4. The fourth-order valence-electron chi connectivity index (χ4n) is 6.99. The molecule has 0 aliphatic heterocycles. The number of amides is 1. The van der Waals surface area contributed by atoms with Crippen molar-refractivity contribution in [2.75, 3.05) is 6.61 Å². The van der Waals surface area contributed by atoms with Gasteiger partial charge in [0.05, 0.1) is 18.8 Å². The van der Waals surface area contributed by atoms with E-state index in [2.05, 4.69) is 104 Å². The highest BCUT2D eigenvalue weighted by atomic mass is 16.3. The van der Waals surface area contributed by atoms with E-state index in [1.165, 1.54) is 116 Å². The van der Waals surface area contributed by atoms with Gasteiger partial charge < -0.3 is 15.5 Å². The van der Waals surface area contributed by atoms with Gasteiger partial charge in [0.1, 0.15) is 0 Å². The fourth-order valence-corrected chi connectivity index (χ4v) is 6.99. The first kappa shape index (κ1) is 54.6. The third-order valence-electron chi connectivity index (χ3n) is 10.7. The first-order chi connectivity index (χ1) is 28.2. The summed E-state index contributed by atoms with van der Waals surface area (Å²) in [6.07, 6.45) is 69.6. The van der Waals surface area contributed by atoms with Crippen molar-refractivity contribution in [3.63, 3.8) is 0 Å². The van der Waals surface area contributed by atoms with E-state index >= 15 is 0 Å². The van der Waals surface area contributed by atoms with Crippen molar-refractivity contribution < 1.29 is 15.0 Å². The third-order valence-corrected chi connectivity index (χ3v) is 10.7. The summed E-state index contributed by atoms with van der Waals surface area (Å²) in [7, 11) is 0. The Morgan fingerprint density at radius 3 is 1.14 bits per heavy atom. The molecular weight excluding hydrogens is 699 g/mol. The second kappa shape index (κ2) is 47.9. The maximum atomic E-state index is 12.4. The summed E-state index contributed by atoms with van der Waals surface area (Å²) in [6.45, 7) is 4.23. The van der Waals surface area contributed by atoms with Gasteiger partial charge in [-0.1, -0.05) is 234 Å². The van der Waals surface area contributed by atoms with Crippen LogP contribution in [0.25, 0.3) is 0 Å². The molecule has 0 aromatic carbocycles. The van der Waals surface area contributed by atoms with Crippen LogP contribution in [0.4, 0.5) is 0 Å². The van der Waals surface area contributed by atoms with Crippen LogP contribution in [0.5, 0.6) is 0 Å². The molecule has 0 spiro atoms. The predicted molar refractivity (Wildman–Crippen MR) is 253 cm³/mol.